The number of methoxy groups -OCH3 is 1. The number of benzene rings is 1. The number of aryl methyl sites for hydroxylation is 2. The molecule has 0 aliphatic carbocycles. The normalized spacial score (nSPS) is 25.3. The molecule has 0 bridgehead atoms. The smallest absolute Gasteiger partial charge is 0.309 e. The second-order valence-corrected chi connectivity index (χ2v) is 6.75. The van der Waals surface area contributed by atoms with Crippen molar-refractivity contribution in [1.82, 2.24) is 0 Å². The molecule has 1 saturated heterocycles. The highest BCUT2D eigenvalue weighted by molar-refractivity contribution is 6.40. The Balaban J connectivity index is 2.26. The highest BCUT2D eigenvalue weighted by Crippen LogP contribution is 2.38. The maximum Gasteiger partial charge on any atom is 0.309 e. The van der Waals surface area contributed by atoms with Gasteiger partial charge >= 0.3 is 5.97 Å². The van der Waals surface area contributed by atoms with Crippen LogP contribution in [0.4, 0.5) is 0 Å². The van der Waals surface area contributed by atoms with Gasteiger partial charge in [0.1, 0.15) is 7.28 Å². The van der Waals surface area contributed by atoms with Crippen molar-refractivity contribution < 1.29 is 9.53 Å². The largest absolute Gasteiger partial charge is 0.469 e. The predicted octanol–water partition coefficient (Wildman–Crippen LogP) is 4.00. The van der Waals surface area contributed by atoms with Crippen LogP contribution in [-0.4, -0.2) is 20.4 Å². The molecule has 1 aliphatic rings. The van der Waals surface area contributed by atoms with Crippen molar-refractivity contribution in [1.29, 1.82) is 0 Å². The van der Waals surface area contributed by atoms with Crippen LogP contribution in [0.15, 0.2) is 12.1 Å². The van der Waals surface area contributed by atoms with Crippen LogP contribution in [0, 0.1) is 19.8 Å². The first-order chi connectivity index (χ1) is 9.90. The SMILES string of the molecule is COC(=O)Cc1cc(C)c(C2[B]C(C)CC(C)C2)c(C)c1. The predicted molar refractivity (Wildman–Crippen MR) is 88.0 cm³/mol. The Morgan fingerprint density at radius 3 is 2.38 bits per heavy atom. The summed E-state index contributed by atoms with van der Waals surface area (Å²) in [6.45, 7) is 9.01. The van der Waals surface area contributed by atoms with Gasteiger partial charge in [0.05, 0.1) is 13.5 Å². The number of carbonyl (C=O) groups excluding carboxylic acids is 1. The molecule has 0 saturated carbocycles. The average Bonchev–Trinajstić information content (AvgIpc) is 2.36. The minimum absolute atomic E-state index is 0.173. The summed E-state index contributed by atoms with van der Waals surface area (Å²) < 4.78 is 4.76. The number of esters is 1. The molecule has 0 N–H and O–H groups in total. The summed E-state index contributed by atoms with van der Waals surface area (Å²) in [6, 6.07) is 4.30. The van der Waals surface area contributed by atoms with E-state index in [2.05, 4.69) is 47.1 Å². The molecule has 0 aromatic heterocycles. The first-order valence-corrected chi connectivity index (χ1v) is 7.92. The fourth-order valence-corrected chi connectivity index (χ4v) is 3.92. The van der Waals surface area contributed by atoms with Crippen LogP contribution >= 0.6 is 0 Å². The Morgan fingerprint density at radius 2 is 1.86 bits per heavy atom. The minimum Gasteiger partial charge on any atom is -0.469 e. The molecule has 0 amide bonds. The molecular formula is C18H26BO2. The highest BCUT2D eigenvalue weighted by Gasteiger charge is 2.28. The van der Waals surface area contributed by atoms with Gasteiger partial charge in [0, 0.05) is 0 Å². The number of hydrogen-bond acceptors (Lipinski definition) is 2. The molecule has 3 unspecified atom stereocenters. The third-order valence-electron chi connectivity index (χ3n) is 4.59. The van der Waals surface area contributed by atoms with E-state index in [4.69, 9.17) is 4.74 Å². The lowest BCUT2D eigenvalue weighted by atomic mass is 9.45. The van der Waals surface area contributed by atoms with Crippen molar-refractivity contribution in [3.05, 3.63) is 34.4 Å². The van der Waals surface area contributed by atoms with E-state index in [1.165, 1.54) is 36.6 Å². The van der Waals surface area contributed by atoms with Crippen molar-refractivity contribution in [3.8, 4) is 0 Å². The molecule has 1 heterocycles. The molecular weight excluding hydrogens is 259 g/mol. The Bertz CT molecular complexity index is 491. The van der Waals surface area contributed by atoms with E-state index in [1.54, 1.807) is 0 Å². The molecule has 113 valence electrons. The summed E-state index contributed by atoms with van der Waals surface area (Å²) in [4.78, 5) is 11.4. The lowest BCUT2D eigenvalue weighted by molar-refractivity contribution is -0.139. The average molecular weight is 285 g/mol. The Kier molecular flexibility index (Phi) is 5.13. The van der Waals surface area contributed by atoms with E-state index < -0.39 is 0 Å². The summed E-state index contributed by atoms with van der Waals surface area (Å²) in [7, 11) is 3.95. The number of rotatable bonds is 3. The molecule has 1 radical (unpaired) electrons. The maximum absolute atomic E-state index is 11.4. The van der Waals surface area contributed by atoms with Gasteiger partial charge < -0.3 is 4.74 Å². The van der Waals surface area contributed by atoms with Gasteiger partial charge in [-0.2, -0.15) is 0 Å². The fraction of sp³-hybridized carbons (Fsp3) is 0.611. The third-order valence-corrected chi connectivity index (χ3v) is 4.59. The van der Waals surface area contributed by atoms with Crippen LogP contribution in [0.25, 0.3) is 0 Å². The first-order valence-electron chi connectivity index (χ1n) is 7.92. The Morgan fingerprint density at radius 1 is 1.24 bits per heavy atom. The first kappa shape index (κ1) is 16.1. The molecule has 2 nitrogen and oxygen atoms in total. The summed E-state index contributed by atoms with van der Waals surface area (Å²) in [5, 5.41) is 0. The summed E-state index contributed by atoms with van der Waals surface area (Å²) in [5.41, 5.74) is 5.12. The zero-order valence-corrected chi connectivity index (χ0v) is 13.9. The van der Waals surface area contributed by atoms with Gasteiger partial charge in [-0.3, -0.25) is 4.79 Å². The molecule has 1 aliphatic heterocycles. The van der Waals surface area contributed by atoms with E-state index in [9.17, 15) is 4.79 Å². The second kappa shape index (κ2) is 6.68. The summed E-state index contributed by atoms with van der Waals surface area (Å²) in [5.74, 6) is 1.85. The molecule has 0 spiro atoms. The molecule has 21 heavy (non-hydrogen) atoms. The van der Waals surface area contributed by atoms with Crippen LogP contribution in [-0.2, 0) is 16.0 Å². The Hall–Kier alpha value is -1.25. The monoisotopic (exact) mass is 285 g/mol. The van der Waals surface area contributed by atoms with E-state index in [-0.39, 0.29) is 5.97 Å². The van der Waals surface area contributed by atoms with Crippen LogP contribution in [0.2, 0.25) is 5.82 Å². The van der Waals surface area contributed by atoms with Crippen molar-refractivity contribution in [3.63, 3.8) is 0 Å². The molecule has 3 atom stereocenters. The molecule has 1 aromatic rings. The van der Waals surface area contributed by atoms with Crippen molar-refractivity contribution in [2.45, 2.75) is 58.6 Å². The van der Waals surface area contributed by atoms with Crippen molar-refractivity contribution >= 4 is 13.2 Å². The van der Waals surface area contributed by atoms with Gasteiger partial charge in [-0.05, 0) is 47.8 Å². The van der Waals surface area contributed by atoms with E-state index in [0.29, 0.717) is 18.1 Å². The molecule has 1 fully saturated rings. The van der Waals surface area contributed by atoms with Crippen molar-refractivity contribution in [2.75, 3.05) is 7.11 Å². The standard InChI is InChI=1S/C18H26BO2/c1-11-6-14(4)19-16(7-11)18-12(2)8-15(9-13(18)3)10-17(20)21-5/h8-9,11,14,16H,6-7,10H2,1-5H3. The van der Waals surface area contributed by atoms with E-state index >= 15 is 0 Å². The number of ether oxygens (including phenoxy) is 1. The zero-order chi connectivity index (χ0) is 15.6. The highest BCUT2D eigenvalue weighted by atomic mass is 16.5. The minimum atomic E-state index is -0.173. The molecule has 3 heteroatoms. The number of hydrogen-bond donors (Lipinski definition) is 0. The zero-order valence-electron chi connectivity index (χ0n) is 13.9. The lowest BCUT2D eigenvalue weighted by Gasteiger charge is -2.33. The van der Waals surface area contributed by atoms with Gasteiger partial charge in [0.2, 0.25) is 0 Å². The van der Waals surface area contributed by atoms with Crippen molar-refractivity contribution in [2.24, 2.45) is 5.92 Å². The van der Waals surface area contributed by atoms with Crippen LogP contribution in [0.1, 0.15) is 54.8 Å². The quantitative estimate of drug-likeness (QED) is 0.619. The lowest BCUT2D eigenvalue weighted by Crippen LogP contribution is -2.24. The second-order valence-electron chi connectivity index (χ2n) is 6.75. The van der Waals surface area contributed by atoms with E-state index in [1.807, 2.05) is 0 Å². The Labute approximate surface area is 129 Å². The molecule has 1 aromatic carbocycles. The van der Waals surface area contributed by atoms with Gasteiger partial charge in [0.25, 0.3) is 0 Å². The van der Waals surface area contributed by atoms with Gasteiger partial charge in [0.15, 0.2) is 0 Å². The molecule has 2 rings (SSSR count). The van der Waals surface area contributed by atoms with Crippen LogP contribution in [0.3, 0.4) is 0 Å². The number of carbonyl (C=O) groups is 1. The summed E-state index contributed by atoms with van der Waals surface area (Å²) in [6.07, 6.45) is 2.90. The topological polar surface area (TPSA) is 26.3 Å². The van der Waals surface area contributed by atoms with Gasteiger partial charge in [-0.1, -0.05) is 44.6 Å². The summed E-state index contributed by atoms with van der Waals surface area (Å²) >= 11 is 0. The van der Waals surface area contributed by atoms with E-state index in [0.717, 1.165) is 11.5 Å². The van der Waals surface area contributed by atoms with Gasteiger partial charge in [-0.25, -0.2) is 0 Å². The fourth-order valence-electron chi connectivity index (χ4n) is 3.92. The van der Waals surface area contributed by atoms with Crippen LogP contribution in [0.5, 0.6) is 0 Å². The third kappa shape index (κ3) is 3.90. The van der Waals surface area contributed by atoms with Crippen LogP contribution < -0.4 is 0 Å². The maximum atomic E-state index is 11.4. The van der Waals surface area contributed by atoms with Gasteiger partial charge in [-0.15, -0.1) is 0 Å².